The number of carbonyl (C=O) groups is 3. The lowest BCUT2D eigenvalue weighted by Crippen LogP contribution is -2.53. The summed E-state index contributed by atoms with van der Waals surface area (Å²) in [5.74, 6) is -1.57. The van der Waals surface area contributed by atoms with E-state index in [0.29, 0.717) is 22.0 Å². The van der Waals surface area contributed by atoms with E-state index in [-0.39, 0.29) is 12.3 Å². The Morgan fingerprint density at radius 2 is 1.79 bits per heavy atom. The summed E-state index contributed by atoms with van der Waals surface area (Å²) in [7, 11) is 1.60. The van der Waals surface area contributed by atoms with E-state index < -0.39 is 36.0 Å². The van der Waals surface area contributed by atoms with Crippen molar-refractivity contribution in [3.63, 3.8) is 0 Å². The molecule has 0 fully saturated rings. The van der Waals surface area contributed by atoms with E-state index in [1.165, 1.54) is 11.8 Å². The Hall–Kier alpha value is -3.23. The number of hydrogen-bond acceptors (Lipinski definition) is 5. The van der Waals surface area contributed by atoms with Crippen molar-refractivity contribution in [3.05, 3.63) is 64.7 Å². The predicted molar refractivity (Wildman–Crippen MR) is 132 cm³/mol. The number of amides is 3. The van der Waals surface area contributed by atoms with E-state index in [9.17, 15) is 19.5 Å². The number of aliphatic imine (C=N–C) groups is 1. The molecular weight excluding hydrogens is 456 g/mol. The third-order valence-corrected chi connectivity index (χ3v) is 5.71. The molecule has 2 aromatic rings. The first kappa shape index (κ1) is 25.4. The van der Waals surface area contributed by atoms with Gasteiger partial charge in [-0.05, 0) is 37.5 Å². The molecule has 3 amide bonds. The highest BCUT2D eigenvalue weighted by molar-refractivity contribution is 6.32. The third kappa shape index (κ3) is 5.81. The molecule has 9 heteroatoms. The number of nitrogens with zero attached hydrogens (tertiary/aromatic N) is 2. The van der Waals surface area contributed by atoms with Gasteiger partial charge in [0.25, 0.3) is 5.91 Å². The van der Waals surface area contributed by atoms with Crippen molar-refractivity contribution in [1.29, 1.82) is 0 Å². The highest BCUT2D eigenvalue weighted by Gasteiger charge is 2.32. The number of hydrogen-bond donors (Lipinski definition) is 3. The zero-order chi connectivity index (χ0) is 25.0. The summed E-state index contributed by atoms with van der Waals surface area (Å²) in [6.07, 6.45) is -2.17. The fourth-order valence-corrected chi connectivity index (χ4v) is 3.83. The molecule has 1 heterocycles. The van der Waals surface area contributed by atoms with Crippen molar-refractivity contribution in [2.75, 3.05) is 11.9 Å². The molecule has 0 saturated heterocycles. The Bertz CT molecular complexity index is 1100. The summed E-state index contributed by atoms with van der Waals surface area (Å²) in [6, 6.07) is 13.5. The number of carbonyl (C=O) groups excluding carboxylic acids is 3. The maximum Gasteiger partial charge on any atom is 0.272 e. The van der Waals surface area contributed by atoms with Crippen LogP contribution in [0.15, 0.2) is 53.5 Å². The average molecular weight is 485 g/mol. The molecule has 0 aliphatic carbocycles. The first-order valence-corrected chi connectivity index (χ1v) is 11.5. The number of aliphatic hydroxyl groups excluding tert-OH is 1. The first-order chi connectivity index (χ1) is 16.1. The monoisotopic (exact) mass is 484 g/mol. The van der Waals surface area contributed by atoms with Gasteiger partial charge < -0.3 is 20.6 Å². The van der Waals surface area contributed by atoms with Crippen LogP contribution in [0.2, 0.25) is 5.02 Å². The standard InChI is InChI=1S/C25H29ClN4O4/c1-14(2)12-20(31)24(33)27-15(3)23(32)29-22-25(34)30(4)19-11-10-17(26)13-18(19)21(28-22)16-8-6-5-7-9-16/h5-11,13-15,20,22,31H,12H2,1-4H3,(H,27,33)(H,29,32)/t15-,20?,22?/m0/s1. The van der Waals surface area contributed by atoms with Gasteiger partial charge in [-0.2, -0.15) is 0 Å². The van der Waals surface area contributed by atoms with Crippen LogP contribution in [-0.2, 0) is 14.4 Å². The number of fused-ring (bicyclic) bond motifs is 1. The van der Waals surface area contributed by atoms with Gasteiger partial charge in [-0.1, -0.05) is 55.8 Å². The molecule has 0 radical (unpaired) electrons. The molecule has 34 heavy (non-hydrogen) atoms. The molecule has 1 aliphatic heterocycles. The molecule has 1 aliphatic rings. The van der Waals surface area contributed by atoms with Crippen molar-refractivity contribution in [2.24, 2.45) is 10.9 Å². The van der Waals surface area contributed by atoms with E-state index >= 15 is 0 Å². The second kappa shape index (κ2) is 10.8. The SMILES string of the molecule is CC(C)CC(O)C(=O)N[C@@H](C)C(=O)NC1N=C(c2ccccc2)c2cc(Cl)ccc2N(C)C1=O. The highest BCUT2D eigenvalue weighted by Crippen LogP contribution is 2.29. The minimum atomic E-state index is -1.22. The summed E-state index contributed by atoms with van der Waals surface area (Å²) >= 11 is 6.25. The van der Waals surface area contributed by atoms with Gasteiger partial charge in [-0.3, -0.25) is 14.4 Å². The molecule has 0 saturated carbocycles. The van der Waals surface area contributed by atoms with E-state index in [2.05, 4.69) is 15.6 Å². The van der Waals surface area contributed by atoms with Gasteiger partial charge in [0.1, 0.15) is 12.1 Å². The molecule has 3 N–H and O–H groups in total. The number of aliphatic hydroxyl groups is 1. The summed E-state index contributed by atoms with van der Waals surface area (Å²) in [6.45, 7) is 5.25. The smallest absolute Gasteiger partial charge is 0.272 e. The van der Waals surface area contributed by atoms with Gasteiger partial charge >= 0.3 is 0 Å². The van der Waals surface area contributed by atoms with Crippen LogP contribution in [0.1, 0.15) is 38.3 Å². The van der Waals surface area contributed by atoms with Crippen molar-refractivity contribution < 1.29 is 19.5 Å². The van der Waals surface area contributed by atoms with Crippen LogP contribution in [0.4, 0.5) is 5.69 Å². The van der Waals surface area contributed by atoms with Crippen molar-refractivity contribution >= 4 is 40.7 Å². The van der Waals surface area contributed by atoms with Gasteiger partial charge in [0, 0.05) is 23.2 Å². The number of likely N-dealkylation sites (N-methyl/N-ethyl adjacent to an activating group) is 1. The van der Waals surface area contributed by atoms with Crippen LogP contribution in [0.5, 0.6) is 0 Å². The lowest BCUT2D eigenvalue weighted by Gasteiger charge is -2.23. The molecular formula is C25H29ClN4O4. The lowest BCUT2D eigenvalue weighted by atomic mass is 10.0. The molecule has 2 unspecified atom stereocenters. The molecule has 8 nitrogen and oxygen atoms in total. The maximum absolute atomic E-state index is 13.2. The summed E-state index contributed by atoms with van der Waals surface area (Å²) in [5.41, 5.74) is 2.52. The number of benzodiazepines with no additional fused rings is 1. The zero-order valence-corrected chi connectivity index (χ0v) is 20.3. The van der Waals surface area contributed by atoms with Gasteiger partial charge in [0.15, 0.2) is 0 Å². The number of halogens is 1. The van der Waals surface area contributed by atoms with Gasteiger partial charge in [0.2, 0.25) is 18.0 Å². The van der Waals surface area contributed by atoms with Crippen LogP contribution < -0.4 is 15.5 Å². The molecule has 3 rings (SSSR count). The number of benzene rings is 2. The molecule has 0 spiro atoms. The second-order valence-corrected chi connectivity index (χ2v) is 9.13. The Balaban J connectivity index is 1.89. The van der Waals surface area contributed by atoms with Gasteiger partial charge in [0.05, 0.1) is 11.4 Å². The van der Waals surface area contributed by atoms with Crippen LogP contribution in [0.3, 0.4) is 0 Å². The van der Waals surface area contributed by atoms with Gasteiger partial charge in [-0.25, -0.2) is 4.99 Å². The quantitative estimate of drug-likeness (QED) is 0.560. The molecule has 0 aromatic heterocycles. The van der Waals surface area contributed by atoms with Crippen LogP contribution >= 0.6 is 11.6 Å². The predicted octanol–water partition coefficient (Wildman–Crippen LogP) is 2.51. The van der Waals surface area contributed by atoms with Crippen LogP contribution in [-0.4, -0.2) is 53.9 Å². The Morgan fingerprint density at radius 1 is 1.12 bits per heavy atom. The normalized spacial score (nSPS) is 17.4. The number of anilines is 1. The zero-order valence-electron chi connectivity index (χ0n) is 19.6. The lowest BCUT2D eigenvalue weighted by molar-refractivity contribution is -0.135. The largest absolute Gasteiger partial charge is 0.383 e. The van der Waals surface area contributed by atoms with E-state index in [1.807, 2.05) is 44.2 Å². The van der Waals surface area contributed by atoms with Crippen LogP contribution in [0, 0.1) is 5.92 Å². The van der Waals surface area contributed by atoms with Crippen molar-refractivity contribution in [3.8, 4) is 0 Å². The number of rotatable bonds is 7. The van der Waals surface area contributed by atoms with Gasteiger partial charge in [-0.15, -0.1) is 0 Å². The van der Waals surface area contributed by atoms with E-state index in [1.54, 1.807) is 25.2 Å². The third-order valence-electron chi connectivity index (χ3n) is 5.47. The minimum absolute atomic E-state index is 0.116. The van der Waals surface area contributed by atoms with E-state index in [0.717, 1.165) is 5.56 Å². The average Bonchev–Trinajstić information content (AvgIpc) is 2.89. The second-order valence-electron chi connectivity index (χ2n) is 8.69. The minimum Gasteiger partial charge on any atom is -0.383 e. The number of nitrogens with one attached hydrogen (secondary N) is 2. The highest BCUT2D eigenvalue weighted by atomic mass is 35.5. The van der Waals surface area contributed by atoms with Crippen LogP contribution in [0.25, 0.3) is 0 Å². The Morgan fingerprint density at radius 3 is 2.44 bits per heavy atom. The maximum atomic E-state index is 13.2. The summed E-state index contributed by atoms with van der Waals surface area (Å²) in [5, 5.41) is 15.6. The Labute approximate surface area is 204 Å². The Kier molecular flexibility index (Phi) is 8.06. The topological polar surface area (TPSA) is 111 Å². The molecule has 0 bridgehead atoms. The fourth-order valence-electron chi connectivity index (χ4n) is 3.65. The molecule has 180 valence electrons. The van der Waals surface area contributed by atoms with E-state index in [4.69, 9.17) is 11.6 Å². The van der Waals surface area contributed by atoms with Crippen molar-refractivity contribution in [2.45, 2.75) is 45.5 Å². The first-order valence-electron chi connectivity index (χ1n) is 11.1. The molecule has 3 atom stereocenters. The fraction of sp³-hybridized carbons (Fsp3) is 0.360. The molecule has 2 aromatic carbocycles. The summed E-state index contributed by atoms with van der Waals surface area (Å²) < 4.78 is 0. The summed E-state index contributed by atoms with van der Waals surface area (Å²) in [4.78, 5) is 44.3. The van der Waals surface area contributed by atoms with Crippen molar-refractivity contribution in [1.82, 2.24) is 10.6 Å².